The Morgan fingerprint density at radius 3 is 2.76 bits per heavy atom. The molecule has 1 aliphatic rings. The molecule has 25 heavy (non-hydrogen) atoms. The van der Waals surface area contributed by atoms with Gasteiger partial charge in [-0.1, -0.05) is 36.4 Å². The van der Waals surface area contributed by atoms with E-state index in [1.54, 1.807) is 7.11 Å². The molecule has 1 heterocycles. The molecule has 132 valence electrons. The van der Waals surface area contributed by atoms with Crippen molar-refractivity contribution in [3.05, 3.63) is 60.2 Å². The lowest BCUT2D eigenvalue weighted by atomic mass is 9.95. The van der Waals surface area contributed by atoms with Crippen LogP contribution in [-0.2, 0) is 4.79 Å². The van der Waals surface area contributed by atoms with Crippen molar-refractivity contribution < 1.29 is 9.53 Å². The first-order valence-corrected chi connectivity index (χ1v) is 8.62. The second-order valence-corrected chi connectivity index (χ2v) is 6.47. The molecule has 0 aliphatic carbocycles. The molecule has 1 aliphatic heterocycles. The molecule has 5 heteroatoms. The van der Waals surface area contributed by atoms with Gasteiger partial charge in [-0.3, -0.25) is 4.79 Å². The average Bonchev–Trinajstić information content (AvgIpc) is 3.01. The van der Waals surface area contributed by atoms with Crippen LogP contribution in [0.1, 0.15) is 17.9 Å². The van der Waals surface area contributed by atoms with Crippen LogP contribution in [0.2, 0.25) is 0 Å². The van der Waals surface area contributed by atoms with E-state index in [0.717, 1.165) is 24.5 Å². The number of hydrogen-bond acceptors (Lipinski definition) is 4. The molecule has 3 N–H and O–H groups in total. The van der Waals surface area contributed by atoms with Gasteiger partial charge in [0.15, 0.2) is 0 Å². The lowest BCUT2D eigenvalue weighted by Crippen LogP contribution is -2.30. The maximum atomic E-state index is 12.2. The number of benzene rings is 2. The molecule has 1 amide bonds. The quantitative estimate of drug-likeness (QED) is 0.848. The van der Waals surface area contributed by atoms with Gasteiger partial charge in [-0.25, -0.2) is 0 Å². The minimum atomic E-state index is 0.00462. The molecule has 0 radical (unpaired) electrons. The van der Waals surface area contributed by atoms with E-state index < -0.39 is 0 Å². The van der Waals surface area contributed by atoms with Gasteiger partial charge in [-0.15, -0.1) is 0 Å². The Kier molecular flexibility index (Phi) is 5.68. The highest BCUT2D eigenvalue weighted by molar-refractivity contribution is 5.91. The van der Waals surface area contributed by atoms with Crippen molar-refractivity contribution in [1.82, 2.24) is 4.90 Å². The first kappa shape index (κ1) is 17.5. The van der Waals surface area contributed by atoms with E-state index in [2.05, 4.69) is 22.3 Å². The van der Waals surface area contributed by atoms with Crippen molar-refractivity contribution in [2.24, 2.45) is 5.73 Å². The zero-order valence-corrected chi connectivity index (χ0v) is 14.5. The molecule has 0 bridgehead atoms. The van der Waals surface area contributed by atoms with Crippen LogP contribution in [-0.4, -0.2) is 43.6 Å². The summed E-state index contributed by atoms with van der Waals surface area (Å²) < 4.78 is 5.17. The van der Waals surface area contributed by atoms with E-state index in [4.69, 9.17) is 10.5 Å². The van der Waals surface area contributed by atoms with Crippen molar-refractivity contribution in [3.8, 4) is 5.75 Å². The number of hydrogen-bond donors (Lipinski definition) is 2. The highest BCUT2D eigenvalue weighted by Crippen LogP contribution is 2.26. The van der Waals surface area contributed by atoms with Crippen molar-refractivity contribution in [2.45, 2.75) is 18.4 Å². The third kappa shape index (κ3) is 4.59. The van der Waals surface area contributed by atoms with Crippen molar-refractivity contribution in [3.63, 3.8) is 0 Å². The number of ether oxygens (including phenoxy) is 1. The summed E-state index contributed by atoms with van der Waals surface area (Å²) in [6.45, 7) is 2.44. The first-order valence-electron chi connectivity index (χ1n) is 8.62. The predicted octanol–water partition coefficient (Wildman–Crippen LogP) is 2.45. The van der Waals surface area contributed by atoms with E-state index in [1.165, 1.54) is 5.56 Å². The van der Waals surface area contributed by atoms with Crippen LogP contribution in [0.3, 0.4) is 0 Å². The monoisotopic (exact) mass is 339 g/mol. The Labute approximate surface area is 148 Å². The number of carbonyl (C=O) groups excluding carboxylic acids is 1. The van der Waals surface area contributed by atoms with Crippen molar-refractivity contribution >= 4 is 11.6 Å². The smallest absolute Gasteiger partial charge is 0.225 e. The Balaban J connectivity index is 1.49. The second kappa shape index (κ2) is 8.14. The van der Waals surface area contributed by atoms with Crippen molar-refractivity contribution in [1.29, 1.82) is 0 Å². The average molecular weight is 339 g/mol. The van der Waals surface area contributed by atoms with Gasteiger partial charge in [-0.05, 0) is 17.7 Å². The van der Waals surface area contributed by atoms with Gasteiger partial charge >= 0.3 is 0 Å². The molecular formula is C20H25N3O2. The minimum Gasteiger partial charge on any atom is -0.497 e. The second-order valence-electron chi connectivity index (χ2n) is 6.47. The largest absolute Gasteiger partial charge is 0.497 e. The van der Waals surface area contributed by atoms with Crippen LogP contribution in [0.25, 0.3) is 0 Å². The number of amides is 1. The summed E-state index contributed by atoms with van der Waals surface area (Å²) in [5.74, 6) is 1.07. The summed E-state index contributed by atoms with van der Waals surface area (Å²) in [6.07, 6.45) is 0.450. The van der Waals surface area contributed by atoms with Gasteiger partial charge in [0.05, 0.1) is 7.11 Å². The van der Waals surface area contributed by atoms with E-state index in [-0.39, 0.29) is 11.9 Å². The van der Waals surface area contributed by atoms with E-state index in [1.807, 2.05) is 42.5 Å². The molecule has 3 rings (SSSR count). The van der Waals surface area contributed by atoms with Crippen LogP contribution < -0.4 is 15.8 Å². The number of anilines is 1. The third-order valence-electron chi connectivity index (χ3n) is 4.68. The van der Waals surface area contributed by atoms with Crippen LogP contribution >= 0.6 is 0 Å². The van der Waals surface area contributed by atoms with Crippen LogP contribution in [0.15, 0.2) is 54.6 Å². The van der Waals surface area contributed by atoms with Crippen LogP contribution in [0, 0.1) is 0 Å². The molecular weight excluding hydrogens is 314 g/mol. The summed E-state index contributed by atoms with van der Waals surface area (Å²) in [5, 5.41) is 2.92. The summed E-state index contributed by atoms with van der Waals surface area (Å²) in [5.41, 5.74) is 8.34. The summed E-state index contributed by atoms with van der Waals surface area (Å²) in [4.78, 5) is 14.5. The SMILES string of the molecule is COc1cccc(NC(=O)CCN2C[C@@H](N)[C@H](c3ccccc3)C2)c1. The Morgan fingerprint density at radius 2 is 2.00 bits per heavy atom. The number of rotatable bonds is 6. The lowest BCUT2D eigenvalue weighted by Gasteiger charge is -2.16. The summed E-state index contributed by atoms with van der Waals surface area (Å²) in [6, 6.07) is 17.9. The van der Waals surface area contributed by atoms with E-state index in [9.17, 15) is 4.79 Å². The van der Waals surface area contributed by atoms with Gasteiger partial charge in [0.25, 0.3) is 0 Å². The van der Waals surface area contributed by atoms with Gasteiger partial charge < -0.3 is 20.7 Å². The highest BCUT2D eigenvalue weighted by atomic mass is 16.5. The van der Waals surface area contributed by atoms with Gasteiger partial charge in [-0.2, -0.15) is 0 Å². The molecule has 0 unspecified atom stereocenters. The number of likely N-dealkylation sites (tertiary alicyclic amines) is 1. The highest BCUT2D eigenvalue weighted by Gasteiger charge is 2.30. The number of carbonyl (C=O) groups is 1. The Hall–Kier alpha value is -2.37. The van der Waals surface area contributed by atoms with Crippen molar-refractivity contribution in [2.75, 3.05) is 32.1 Å². The molecule has 5 nitrogen and oxygen atoms in total. The molecule has 2 aromatic rings. The van der Waals surface area contributed by atoms with E-state index in [0.29, 0.717) is 18.9 Å². The first-order chi connectivity index (χ1) is 12.2. The topological polar surface area (TPSA) is 67.6 Å². The minimum absolute atomic E-state index is 0.00462. The number of nitrogens with one attached hydrogen (secondary N) is 1. The Bertz CT molecular complexity index is 705. The zero-order chi connectivity index (χ0) is 17.6. The number of methoxy groups -OCH3 is 1. The molecule has 0 spiro atoms. The third-order valence-corrected chi connectivity index (χ3v) is 4.68. The lowest BCUT2D eigenvalue weighted by molar-refractivity contribution is -0.116. The molecule has 0 aromatic heterocycles. The van der Waals surface area contributed by atoms with E-state index >= 15 is 0 Å². The van der Waals surface area contributed by atoms with Gasteiger partial charge in [0.1, 0.15) is 5.75 Å². The van der Waals surface area contributed by atoms with Gasteiger partial charge in [0, 0.05) is 49.8 Å². The van der Waals surface area contributed by atoms with Crippen LogP contribution in [0.4, 0.5) is 5.69 Å². The van der Waals surface area contributed by atoms with Gasteiger partial charge in [0.2, 0.25) is 5.91 Å². The standard InChI is InChI=1S/C20H25N3O2/c1-25-17-9-5-8-16(12-17)22-20(24)10-11-23-13-18(19(21)14-23)15-6-3-2-4-7-15/h2-9,12,18-19H,10-11,13-14,21H2,1H3,(H,22,24)/t18-,19+/m0/s1. The van der Waals surface area contributed by atoms with Crippen LogP contribution in [0.5, 0.6) is 5.75 Å². The molecule has 2 aromatic carbocycles. The maximum Gasteiger partial charge on any atom is 0.225 e. The zero-order valence-electron chi connectivity index (χ0n) is 14.5. The molecule has 2 atom stereocenters. The predicted molar refractivity (Wildman–Crippen MR) is 99.8 cm³/mol. The summed E-state index contributed by atoms with van der Waals surface area (Å²) in [7, 11) is 1.61. The normalized spacial score (nSPS) is 20.4. The number of nitrogens with two attached hydrogens (primary N) is 1. The molecule has 0 saturated carbocycles. The molecule has 1 saturated heterocycles. The molecule has 1 fully saturated rings. The number of nitrogens with zero attached hydrogens (tertiary/aromatic N) is 1. The fourth-order valence-electron chi connectivity index (χ4n) is 3.33. The fraction of sp³-hybridized carbons (Fsp3) is 0.350. The maximum absolute atomic E-state index is 12.2. The Morgan fingerprint density at radius 1 is 1.20 bits per heavy atom. The summed E-state index contributed by atoms with van der Waals surface area (Å²) >= 11 is 0. The fourth-order valence-corrected chi connectivity index (χ4v) is 3.33.